The number of carbonyl (C=O) groups excluding carboxylic acids is 3. The first-order chi connectivity index (χ1) is 12.8. The van der Waals surface area contributed by atoms with Crippen LogP contribution in [-0.2, 0) is 28.5 Å². The van der Waals surface area contributed by atoms with Crippen molar-refractivity contribution in [1.29, 1.82) is 0 Å². The molecule has 0 aliphatic rings. The molecule has 0 rings (SSSR count). The topological polar surface area (TPSA) is 100 Å². The summed E-state index contributed by atoms with van der Waals surface area (Å²) >= 11 is 0. The maximum atomic E-state index is 12.0. The molecule has 0 heterocycles. The molecule has 8 heteroatoms. The molecule has 0 radical (unpaired) electrons. The van der Waals surface area contributed by atoms with Gasteiger partial charge in [0, 0.05) is 31.8 Å². The Morgan fingerprint density at radius 2 is 1.59 bits per heavy atom. The molecule has 154 valence electrons. The van der Waals surface area contributed by atoms with E-state index in [2.05, 4.69) is 32.3 Å². The van der Waals surface area contributed by atoms with Gasteiger partial charge in [0.25, 0.3) is 0 Å². The lowest BCUT2D eigenvalue weighted by Gasteiger charge is -2.29. The van der Waals surface area contributed by atoms with E-state index in [0.29, 0.717) is 25.6 Å². The molecular formula is C19H31NO7. The average Bonchev–Trinajstić information content (AvgIpc) is 2.66. The maximum absolute atomic E-state index is 12.0. The molecule has 8 nitrogen and oxygen atoms in total. The maximum Gasteiger partial charge on any atom is 0.407 e. The van der Waals surface area contributed by atoms with Gasteiger partial charge in [-0.25, -0.2) is 14.4 Å². The van der Waals surface area contributed by atoms with E-state index in [0.717, 1.165) is 18.6 Å². The summed E-state index contributed by atoms with van der Waals surface area (Å²) in [7, 11) is 0. The highest BCUT2D eigenvalue weighted by atomic mass is 16.6. The van der Waals surface area contributed by atoms with E-state index in [1.54, 1.807) is 6.92 Å². The highest BCUT2D eigenvalue weighted by Crippen LogP contribution is 2.08. The number of ether oxygens (including phenoxy) is 4. The zero-order chi connectivity index (χ0) is 20.7. The van der Waals surface area contributed by atoms with Crippen molar-refractivity contribution in [3.05, 3.63) is 25.3 Å². The van der Waals surface area contributed by atoms with Crippen LogP contribution in [0.4, 0.5) is 4.79 Å². The van der Waals surface area contributed by atoms with Gasteiger partial charge < -0.3 is 24.3 Å². The second kappa shape index (κ2) is 13.8. The first kappa shape index (κ1) is 24.7. The van der Waals surface area contributed by atoms with Crippen LogP contribution in [0.2, 0.25) is 0 Å². The zero-order valence-electron chi connectivity index (χ0n) is 16.5. The monoisotopic (exact) mass is 385 g/mol. The average molecular weight is 385 g/mol. The van der Waals surface area contributed by atoms with Crippen LogP contribution >= 0.6 is 0 Å². The van der Waals surface area contributed by atoms with Gasteiger partial charge >= 0.3 is 18.0 Å². The van der Waals surface area contributed by atoms with Crippen molar-refractivity contribution in [1.82, 2.24) is 5.32 Å². The summed E-state index contributed by atoms with van der Waals surface area (Å²) in [5.41, 5.74) is -1.17. The Bertz CT molecular complexity index is 480. The Labute approximate surface area is 160 Å². The fourth-order valence-electron chi connectivity index (χ4n) is 1.70. The smallest absolute Gasteiger partial charge is 0.407 e. The van der Waals surface area contributed by atoms with E-state index in [1.807, 2.05) is 0 Å². The van der Waals surface area contributed by atoms with Crippen LogP contribution in [0.3, 0.4) is 0 Å². The van der Waals surface area contributed by atoms with Gasteiger partial charge in [-0.15, -0.1) is 0 Å². The molecular weight excluding hydrogens is 354 g/mol. The third-order valence-corrected chi connectivity index (χ3v) is 3.57. The molecule has 1 amide bonds. The van der Waals surface area contributed by atoms with Crippen LogP contribution < -0.4 is 5.32 Å². The van der Waals surface area contributed by atoms with Crippen LogP contribution in [0.1, 0.15) is 33.6 Å². The van der Waals surface area contributed by atoms with Gasteiger partial charge in [0.05, 0.1) is 6.61 Å². The molecule has 0 aliphatic carbocycles. The van der Waals surface area contributed by atoms with Gasteiger partial charge in [-0.1, -0.05) is 33.4 Å². The first-order valence-electron chi connectivity index (χ1n) is 8.87. The van der Waals surface area contributed by atoms with Gasteiger partial charge in [-0.2, -0.15) is 0 Å². The van der Waals surface area contributed by atoms with Crippen molar-refractivity contribution in [2.24, 2.45) is 5.92 Å². The molecule has 0 aromatic carbocycles. The second-order valence-electron chi connectivity index (χ2n) is 6.39. The summed E-state index contributed by atoms with van der Waals surface area (Å²) in [5.74, 6) is -0.832. The fourth-order valence-corrected chi connectivity index (χ4v) is 1.70. The predicted molar refractivity (Wildman–Crippen MR) is 100 cm³/mol. The SMILES string of the molecule is C=CC(=O)OCC(C)(COC(=O)C=C)NC(=O)OCCCOCC(C)CC. The normalized spacial score (nSPS) is 11.8. The Kier molecular flexibility index (Phi) is 12.6. The quantitative estimate of drug-likeness (QED) is 0.212. The number of esters is 2. The highest BCUT2D eigenvalue weighted by molar-refractivity contribution is 5.81. The van der Waals surface area contributed by atoms with Gasteiger partial charge in [-0.3, -0.25) is 0 Å². The van der Waals surface area contributed by atoms with Crippen LogP contribution in [0.5, 0.6) is 0 Å². The van der Waals surface area contributed by atoms with Crippen LogP contribution in [0.15, 0.2) is 25.3 Å². The Morgan fingerprint density at radius 1 is 1.04 bits per heavy atom. The van der Waals surface area contributed by atoms with Crippen molar-refractivity contribution >= 4 is 18.0 Å². The van der Waals surface area contributed by atoms with E-state index in [-0.39, 0.29) is 19.8 Å². The molecule has 0 saturated heterocycles. The van der Waals surface area contributed by atoms with E-state index >= 15 is 0 Å². The van der Waals surface area contributed by atoms with Gasteiger partial charge in [-0.05, 0) is 12.8 Å². The van der Waals surface area contributed by atoms with E-state index in [9.17, 15) is 14.4 Å². The zero-order valence-corrected chi connectivity index (χ0v) is 16.5. The van der Waals surface area contributed by atoms with E-state index in [1.165, 1.54) is 0 Å². The Balaban J connectivity index is 4.38. The number of hydrogen-bond donors (Lipinski definition) is 1. The molecule has 1 N–H and O–H groups in total. The molecule has 27 heavy (non-hydrogen) atoms. The number of amides is 1. The number of nitrogens with one attached hydrogen (secondary N) is 1. The fraction of sp³-hybridized carbons (Fsp3) is 0.632. The molecule has 0 aliphatic heterocycles. The summed E-state index contributed by atoms with van der Waals surface area (Å²) in [6.45, 7) is 13.2. The molecule has 0 saturated carbocycles. The molecule has 1 atom stereocenters. The highest BCUT2D eigenvalue weighted by Gasteiger charge is 2.30. The van der Waals surface area contributed by atoms with Crippen molar-refractivity contribution in [3.63, 3.8) is 0 Å². The van der Waals surface area contributed by atoms with Crippen molar-refractivity contribution in [3.8, 4) is 0 Å². The minimum atomic E-state index is -1.17. The lowest BCUT2D eigenvalue weighted by atomic mass is 10.1. The summed E-state index contributed by atoms with van der Waals surface area (Å²) in [6, 6.07) is 0. The number of rotatable bonds is 14. The lowest BCUT2D eigenvalue weighted by Crippen LogP contribution is -2.53. The van der Waals surface area contributed by atoms with Crippen molar-refractivity contribution in [2.45, 2.75) is 39.2 Å². The summed E-state index contributed by atoms with van der Waals surface area (Å²) < 4.78 is 20.5. The summed E-state index contributed by atoms with van der Waals surface area (Å²) in [5, 5.41) is 2.55. The Morgan fingerprint density at radius 3 is 2.07 bits per heavy atom. The lowest BCUT2D eigenvalue weighted by molar-refractivity contribution is -0.144. The van der Waals surface area contributed by atoms with Crippen LogP contribution in [0, 0.1) is 5.92 Å². The first-order valence-corrected chi connectivity index (χ1v) is 8.87. The van der Waals surface area contributed by atoms with Gasteiger partial charge in [0.15, 0.2) is 0 Å². The minimum absolute atomic E-state index is 0.168. The van der Waals surface area contributed by atoms with Crippen molar-refractivity contribution in [2.75, 3.05) is 33.0 Å². The van der Waals surface area contributed by atoms with E-state index < -0.39 is 23.6 Å². The number of hydrogen-bond acceptors (Lipinski definition) is 7. The molecule has 0 aromatic rings. The third-order valence-electron chi connectivity index (χ3n) is 3.57. The summed E-state index contributed by atoms with van der Waals surface area (Å²) in [4.78, 5) is 34.5. The Hall–Kier alpha value is -2.35. The van der Waals surface area contributed by atoms with Gasteiger partial charge in [0.2, 0.25) is 0 Å². The second-order valence-corrected chi connectivity index (χ2v) is 6.39. The molecule has 0 spiro atoms. The number of carbonyl (C=O) groups is 3. The van der Waals surface area contributed by atoms with Gasteiger partial charge in [0.1, 0.15) is 18.8 Å². The summed E-state index contributed by atoms with van der Waals surface area (Å²) in [6.07, 6.45) is 2.87. The largest absolute Gasteiger partial charge is 0.460 e. The van der Waals surface area contributed by atoms with E-state index in [4.69, 9.17) is 18.9 Å². The third kappa shape index (κ3) is 12.6. The molecule has 0 aromatic heterocycles. The van der Waals surface area contributed by atoms with Crippen LogP contribution in [0.25, 0.3) is 0 Å². The molecule has 0 bridgehead atoms. The molecule has 1 unspecified atom stereocenters. The molecule has 0 fully saturated rings. The number of alkyl carbamates (subject to hydrolysis) is 1. The van der Waals surface area contributed by atoms with Crippen LogP contribution in [-0.4, -0.2) is 56.6 Å². The minimum Gasteiger partial charge on any atom is -0.460 e. The standard InChI is InChI=1S/C19H31NO7/c1-6-15(4)12-24-10-9-11-25-18(23)20-19(5,13-26-16(21)7-2)14-27-17(22)8-3/h7-8,15H,2-3,6,9-14H2,1,4-5H3,(H,20,23). The van der Waals surface area contributed by atoms with Crippen molar-refractivity contribution < 1.29 is 33.3 Å². The predicted octanol–water partition coefficient (Wildman–Crippen LogP) is 2.38.